The van der Waals surface area contributed by atoms with Crippen LogP contribution in [0, 0.1) is 0 Å². The van der Waals surface area contributed by atoms with Gasteiger partial charge in [0.2, 0.25) is 0 Å². The molecule has 3 nitrogen and oxygen atoms in total. The summed E-state index contributed by atoms with van der Waals surface area (Å²) in [6, 6.07) is 2.92. The average molecular weight is 232 g/mol. The van der Waals surface area contributed by atoms with Crippen LogP contribution < -0.4 is 4.74 Å². The molecule has 0 aromatic heterocycles. The lowest BCUT2D eigenvalue weighted by atomic mass is 10.1. The third-order valence-electron chi connectivity index (χ3n) is 1.88. The second-order valence-electron chi connectivity index (χ2n) is 2.90. The Hall–Kier alpha value is -1.85. The number of hydrogen-bond acceptors (Lipinski definition) is 3. The van der Waals surface area contributed by atoms with Gasteiger partial charge in [-0.05, 0) is 12.1 Å². The van der Waals surface area contributed by atoms with Gasteiger partial charge in [0, 0.05) is 5.56 Å². The number of halogens is 3. The zero-order chi connectivity index (χ0) is 12.3. The SMILES string of the molecule is COc1cc(C(=O)C(F)(F)F)ccc1C=O. The van der Waals surface area contributed by atoms with E-state index in [1.165, 1.54) is 7.11 Å². The van der Waals surface area contributed by atoms with Gasteiger partial charge in [-0.25, -0.2) is 0 Å². The lowest BCUT2D eigenvalue weighted by Gasteiger charge is -2.08. The van der Waals surface area contributed by atoms with Crippen LogP contribution in [0.2, 0.25) is 0 Å². The highest BCUT2D eigenvalue weighted by atomic mass is 19.4. The smallest absolute Gasteiger partial charge is 0.454 e. The van der Waals surface area contributed by atoms with E-state index in [-0.39, 0.29) is 11.3 Å². The topological polar surface area (TPSA) is 43.4 Å². The number of alkyl halides is 3. The number of Topliss-reactive ketones (excluding diaryl/α,β-unsaturated/α-hetero) is 1. The minimum Gasteiger partial charge on any atom is -0.496 e. The molecule has 0 unspecified atom stereocenters. The highest BCUT2D eigenvalue weighted by Gasteiger charge is 2.39. The third-order valence-corrected chi connectivity index (χ3v) is 1.88. The van der Waals surface area contributed by atoms with Gasteiger partial charge in [-0.3, -0.25) is 9.59 Å². The molecule has 0 spiro atoms. The fourth-order valence-electron chi connectivity index (χ4n) is 1.11. The third kappa shape index (κ3) is 2.39. The summed E-state index contributed by atoms with van der Waals surface area (Å²) < 4.78 is 41.0. The molecule has 0 bridgehead atoms. The molecule has 0 saturated carbocycles. The maximum absolute atomic E-state index is 12.1. The number of rotatable bonds is 3. The largest absolute Gasteiger partial charge is 0.496 e. The molecule has 1 aromatic carbocycles. The second-order valence-corrected chi connectivity index (χ2v) is 2.90. The van der Waals surface area contributed by atoms with Crippen molar-refractivity contribution in [1.82, 2.24) is 0 Å². The Morgan fingerprint density at radius 2 is 2.00 bits per heavy atom. The van der Waals surface area contributed by atoms with E-state index in [1.54, 1.807) is 0 Å². The van der Waals surface area contributed by atoms with Gasteiger partial charge in [-0.1, -0.05) is 6.07 Å². The fraction of sp³-hybridized carbons (Fsp3) is 0.200. The molecule has 86 valence electrons. The van der Waals surface area contributed by atoms with Crippen molar-refractivity contribution < 1.29 is 27.5 Å². The molecule has 0 aliphatic heterocycles. The van der Waals surface area contributed by atoms with Gasteiger partial charge >= 0.3 is 6.18 Å². The molecule has 0 saturated heterocycles. The predicted octanol–water partition coefficient (Wildman–Crippen LogP) is 2.25. The number of benzene rings is 1. The lowest BCUT2D eigenvalue weighted by Crippen LogP contribution is -2.22. The van der Waals surface area contributed by atoms with E-state index < -0.39 is 17.5 Å². The van der Waals surface area contributed by atoms with Crippen molar-refractivity contribution in [2.75, 3.05) is 7.11 Å². The number of ether oxygens (including phenoxy) is 1. The summed E-state index contributed by atoms with van der Waals surface area (Å²) in [5, 5.41) is 0. The average Bonchev–Trinajstić information content (AvgIpc) is 2.25. The lowest BCUT2D eigenvalue weighted by molar-refractivity contribution is -0.0885. The first-order chi connectivity index (χ1) is 7.40. The molecule has 16 heavy (non-hydrogen) atoms. The van der Waals surface area contributed by atoms with E-state index in [2.05, 4.69) is 4.74 Å². The van der Waals surface area contributed by atoms with Gasteiger partial charge in [0.05, 0.1) is 12.7 Å². The van der Waals surface area contributed by atoms with Crippen LogP contribution in [-0.4, -0.2) is 25.4 Å². The maximum atomic E-state index is 12.1. The first-order valence-electron chi connectivity index (χ1n) is 4.15. The number of aldehydes is 1. The molecular weight excluding hydrogens is 225 g/mol. The minimum absolute atomic E-state index is 0.0647. The summed E-state index contributed by atoms with van der Waals surface area (Å²) in [7, 11) is 1.20. The second kappa shape index (κ2) is 4.34. The zero-order valence-corrected chi connectivity index (χ0v) is 8.17. The van der Waals surface area contributed by atoms with Crippen LogP contribution in [0.25, 0.3) is 0 Å². The zero-order valence-electron chi connectivity index (χ0n) is 8.17. The number of methoxy groups -OCH3 is 1. The first kappa shape index (κ1) is 12.2. The van der Waals surface area contributed by atoms with E-state index in [0.29, 0.717) is 6.29 Å². The molecule has 0 N–H and O–H groups in total. The predicted molar refractivity (Wildman–Crippen MR) is 48.8 cm³/mol. The Morgan fingerprint density at radius 1 is 1.38 bits per heavy atom. The highest BCUT2D eigenvalue weighted by molar-refractivity contribution is 6.01. The summed E-state index contributed by atoms with van der Waals surface area (Å²) >= 11 is 0. The monoisotopic (exact) mass is 232 g/mol. The number of carbonyl (C=O) groups excluding carboxylic acids is 2. The van der Waals surface area contributed by atoms with Crippen molar-refractivity contribution >= 4 is 12.1 Å². The van der Waals surface area contributed by atoms with E-state index >= 15 is 0 Å². The Bertz CT molecular complexity index is 424. The summed E-state index contributed by atoms with van der Waals surface area (Å²) in [6.45, 7) is 0. The Morgan fingerprint density at radius 3 is 2.44 bits per heavy atom. The normalized spacial score (nSPS) is 11.0. The Labute approximate surface area is 88.8 Å². The molecule has 0 amide bonds. The van der Waals surface area contributed by atoms with Crippen LogP contribution in [0.1, 0.15) is 20.7 Å². The van der Waals surface area contributed by atoms with Crippen LogP contribution >= 0.6 is 0 Å². The Kier molecular flexibility index (Phi) is 3.31. The van der Waals surface area contributed by atoms with E-state index in [4.69, 9.17) is 0 Å². The number of hydrogen-bond donors (Lipinski definition) is 0. The van der Waals surface area contributed by atoms with Crippen LogP contribution in [0.5, 0.6) is 5.75 Å². The van der Waals surface area contributed by atoms with E-state index in [0.717, 1.165) is 18.2 Å². The summed E-state index contributed by atoms with van der Waals surface area (Å²) in [5.74, 6) is -2.03. The van der Waals surface area contributed by atoms with E-state index in [1.807, 2.05) is 0 Å². The molecule has 1 aromatic rings. The van der Waals surface area contributed by atoms with Gasteiger partial charge in [0.25, 0.3) is 5.78 Å². The van der Waals surface area contributed by atoms with Gasteiger partial charge in [0.15, 0.2) is 6.29 Å². The van der Waals surface area contributed by atoms with Crippen LogP contribution in [0.3, 0.4) is 0 Å². The van der Waals surface area contributed by atoms with Crippen molar-refractivity contribution in [3.63, 3.8) is 0 Å². The number of ketones is 1. The highest BCUT2D eigenvalue weighted by Crippen LogP contribution is 2.25. The molecule has 6 heteroatoms. The minimum atomic E-state index is -4.94. The van der Waals surface area contributed by atoms with Gasteiger partial charge in [-0.2, -0.15) is 13.2 Å². The van der Waals surface area contributed by atoms with Crippen LogP contribution in [0.4, 0.5) is 13.2 Å². The van der Waals surface area contributed by atoms with E-state index in [9.17, 15) is 22.8 Å². The van der Waals surface area contributed by atoms with Gasteiger partial charge in [-0.15, -0.1) is 0 Å². The van der Waals surface area contributed by atoms with Crippen LogP contribution in [-0.2, 0) is 0 Å². The van der Waals surface area contributed by atoms with Crippen molar-refractivity contribution in [3.8, 4) is 5.75 Å². The molecule has 0 fully saturated rings. The maximum Gasteiger partial charge on any atom is 0.454 e. The molecule has 0 aliphatic carbocycles. The molecular formula is C10H7F3O3. The molecule has 0 aliphatic rings. The molecule has 0 heterocycles. The number of carbonyl (C=O) groups is 2. The van der Waals surface area contributed by atoms with Gasteiger partial charge < -0.3 is 4.74 Å². The first-order valence-corrected chi connectivity index (χ1v) is 4.15. The molecule has 0 atom stereocenters. The summed E-state index contributed by atoms with van der Waals surface area (Å²) in [5.41, 5.74) is -0.476. The fourth-order valence-corrected chi connectivity index (χ4v) is 1.11. The van der Waals surface area contributed by atoms with Crippen molar-refractivity contribution in [2.24, 2.45) is 0 Å². The molecule has 0 radical (unpaired) electrons. The Balaban J connectivity index is 3.18. The van der Waals surface area contributed by atoms with Crippen molar-refractivity contribution in [3.05, 3.63) is 29.3 Å². The standard InChI is InChI=1S/C10H7F3O3/c1-16-8-4-6(2-3-7(8)5-14)9(15)10(11,12)13/h2-5H,1H3. The van der Waals surface area contributed by atoms with Gasteiger partial charge in [0.1, 0.15) is 5.75 Å². The van der Waals surface area contributed by atoms with Crippen molar-refractivity contribution in [1.29, 1.82) is 0 Å². The summed E-state index contributed by atoms with van der Waals surface area (Å²) in [6.07, 6.45) is -4.51. The quantitative estimate of drug-likeness (QED) is 0.593. The van der Waals surface area contributed by atoms with Crippen LogP contribution in [0.15, 0.2) is 18.2 Å². The van der Waals surface area contributed by atoms with Crippen molar-refractivity contribution in [2.45, 2.75) is 6.18 Å². The summed E-state index contributed by atoms with van der Waals surface area (Å²) in [4.78, 5) is 21.3. The molecule has 1 rings (SSSR count).